The van der Waals surface area contributed by atoms with Crippen LogP contribution in [0.5, 0.6) is 0 Å². The van der Waals surface area contributed by atoms with Crippen LogP contribution >= 0.6 is 39.1 Å². The van der Waals surface area contributed by atoms with Gasteiger partial charge in [-0.3, -0.25) is 9.59 Å². The highest BCUT2D eigenvalue weighted by Gasteiger charge is 2.10. The number of rotatable bonds is 3. The lowest BCUT2D eigenvalue weighted by Gasteiger charge is -2.06. The molecule has 0 amide bonds. The molecule has 2 rings (SSSR count). The van der Waals surface area contributed by atoms with Crippen LogP contribution in [0.4, 0.5) is 0 Å². The van der Waals surface area contributed by atoms with Crippen LogP contribution in [0, 0.1) is 0 Å². The van der Waals surface area contributed by atoms with Crippen LogP contribution in [-0.4, -0.2) is 10.4 Å². The van der Waals surface area contributed by atoms with E-state index < -0.39 is 5.56 Å². The van der Waals surface area contributed by atoms with E-state index in [4.69, 9.17) is 23.2 Å². The van der Waals surface area contributed by atoms with E-state index in [1.165, 1.54) is 16.8 Å². The molecule has 1 aromatic heterocycles. The summed E-state index contributed by atoms with van der Waals surface area (Å²) in [5.74, 6) is -0.187. The summed E-state index contributed by atoms with van der Waals surface area (Å²) in [4.78, 5) is 23.8. The van der Waals surface area contributed by atoms with Gasteiger partial charge in [0, 0.05) is 16.2 Å². The molecule has 0 unspecified atom stereocenters. The Labute approximate surface area is 127 Å². The fourth-order valence-corrected chi connectivity index (χ4v) is 2.34. The van der Waals surface area contributed by atoms with Gasteiger partial charge in [0.2, 0.25) is 0 Å². The predicted octanol–water partition coefficient (Wildman–Crippen LogP) is 3.80. The second-order valence-corrected chi connectivity index (χ2v) is 5.63. The summed E-state index contributed by atoms with van der Waals surface area (Å²) in [5, 5.41) is 0.310. The molecule has 0 aliphatic heterocycles. The van der Waals surface area contributed by atoms with Crippen LogP contribution in [-0.2, 0) is 6.54 Å². The van der Waals surface area contributed by atoms with Gasteiger partial charge in [-0.1, -0.05) is 51.3 Å². The topological polar surface area (TPSA) is 39.1 Å². The highest BCUT2D eigenvalue weighted by molar-refractivity contribution is 9.10. The Morgan fingerprint density at radius 1 is 1.21 bits per heavy atom. The van der Waals surface area contributed by atoms with Gasteiger partial charge in [0.05, 0.1) is 11.6 Å². The van der Waals surface area contributed by atoms with Crippen molar-refractivity contribution in [3.05, 3.63) is 67.0 Å². The molecule has 3 nitrogen and oxygen atoms in total. The van der Waals surface area contributed by atoms with Gasteiger partial charge < -0.3 is 4.57 Å². The van der Waals surface area contributed by atoms with Gasteiger partial charge in [-0.2, -0.15) is 0 Å². The van der Waals surface area contributed by atoms with E-state index in [0.717, 1.165) is 4.47 Å². The van der Waals surface area contributed by atoms with E-state index in [1.54, 1.807) is 24.3 Å². The van der Waals surface area contributed by atoms with Gasteiger partial charge in [0.15, 0.2) is 5.78 Å². The Morgan fingerprint density at radius 2 is 1.84 bits per heavy atom. The maximum atomic E-state index is 12.0. The fourth-order valence-electron chi connectivity index (χ4n) is 1.56. The average molecular weight is 361 g/mol. The Balaban J connectivity index is 2.29. The van der Waals surface area contributed by atoms with Crippen LogP contribution in [0.2, 0.25) is 10.0 Å². The van der Waals surface area contributed by atoms with Crippen molar-refractivity contribution in [3.63, 3.8) is 0 Å². The van der Waals surface area contributed by atoms with Crippen LogP contribution in [0.15, 0.2) is 45.8 Å². The molecule has 0 aliphatic rings. The lowest BCUT2D eigenvalue weighted by Crippen LogP contribution is -2.24. The standard InChI is InChI=1S/C13H8BrCl2NO2/c14-9-3-1-8(2-4-9)12(18)7-17-6-10(15)5-11(16)13(17)19/h1-6H,7H2. The number of ketones is 1. The molecule has 0 saturated heterocycles. The van der Waals surface area contributed by atoms with Gasteiger partial charge in [0.25, 0.3) is 5.56 Å². The van der Waals surface area contributed by atoms with Crippen molar-refractivity contribution in [2.45, 2.75) is 6.54 Å². The zero-order valence-electron chi connectivity index (χ0n) is 9.57. The molecule has 0 radical (unpaired) electrons. The van der Waals surface area contributed by atoms with Crippen LogP contribution in [0.3, 0.4) is 0 Å². The summed E-state index contributed by atoms with van der Waals surface area (Å²) in [6.45, 7) is -0.0965. The Bertz CT molecular complexity index is 680. The van der Waals surface area contributed by atoms with Crippen molar-refractivity contribution < 1.29 is 4.79 Å². The molecule has 0 bridgehead atoms. The van der Waals surface area contributed by atoms with Crippen molar-refractivity contribution in [3.8, 4) is 0 Å². The van der Waals surface area contributed by atoms with E-state index >= 15 is 0 Å². The summed E-state index contributed by atoms with van der Waals surface area (Å²) in [7, 11) is 0. The minimum Gasteiger partial charge on any atom is -0.305 e. The molecule has 0 fully saturated rings. The summed E-state index contributed by atoms with van der Waals surface area (Å²) in [6.07, 6.45) is 1.40. The normalized spacial score (nSPS) is 10.5. The first-order valence-corrected chi connectivity index (χ1v) is 6.86. The zero-order chi connectivity index (χ0) is 14.0. The molecule has 0 spiro atoms. The van der Waals surface area contributed by atoms with Crippen molar-refractivity contribution in [2.75, 3.05) is 0 Å². The third-order valence-corrected chi connectivity index (χ3v) is 3.50. The monoisotopic (exact) mass is 359 g/mol. The van der Waals surface area contributed by atoms with Crippen molar-refractivity contribution >= 4 is 44.9 Å². The van der Waals surface area contributed by atoms with Gasteiger partial charge in [-0.15, -0.1) is 0 Å². The summed E-state index contributed by atoms with van der Waals surface area (Å²) in [5.41, 5.74) is 0.0859. The molecule has 2 aromatic rings. The molecule has 0 atom stereocenters. The molecule has 0 aliphatic carbocycles. The van der Waals surface area contributed by atoms with Crippen LogP contribution in [0.25, 0.3) is 0 Å². The van der Waals surface area contributed by atoms with Gasteiger partial charge in [-0.05, 0) is 18.2 Å². The Kier molecular flexibility index (Phi) is 4.45. The Morgan fingerprint density at radius 3 is 2.47 bits per heavy atom. The molecule has 1 heterocycles. The number of carbonyl (C=O) groups excluding carboxylic acids is 1. The van der Waals surface area contributed by atoms with Gasteiger partial charge >= 0.3 is 0 Å². The van der Waals surface area contributed by atoms with E-state index in [0.29, 0.717) is 10.6 Å². The fraction of sp³-hybridized carbons (Fsp3) is 0.0769. The van der Waals surface area contributed by atoms with E-state index in [9.17, 15) is 9.59 Å². The largest absolute Gasteiger partial charge is 0.305 e. The highest BCUT2D eigenvalue weighted by atomic mass is 79.9. The maximum Gasteiger partial charge on any atom is 0.269 e. The van der Waals surface area contributed by atoms with Crippen LogP contribution < -0.4 is 5.56 Å². The highest BCUT2D eigenvalue weighted by Crippen LogP contribution is 2.13. The molecular weight excluding hydrogens is 353 g/mol. The number of hydrogen-bond acceptors (Lipinski definition) is 2. The number of carbonyl (C=O) groups is 1. The van der Waals surface area contributed by atoms with Crippen LogP contribution in [0.1, 0.15) is 10.4 Å². The summed E-state index contributed by atoms with van der Waals surface area (Å²) in [6, 6.07) is 8.25. The van der Waals surface area contributed by atoms with Crippen molar-refractivity contribution in [1.82, 2.24) is 4.57 Å². The number of nitrogens with zero attached hydrogens (tertiary/aromatic N) is 1. The van der Waals surface area contributed by atoms with E-state index in [1.807, 2.05) is 0 Å². The third-order valence-electron chi connectivity index (χ3n) is 2.49. The third kappa shape index (κ3) is 3.47. The quantitative estimate of drug-likeness (QED) is 0.781. The molecule has 0 saturated carbocycles. The second-order valence-electron chi connectivity index (χ2n) is 3.87. The number of halogens is 3. The SMILES string of the molecule is O=C(Cn1cc(Cl)cc(Cl)c1=O)c1ccc(Br)cc1. The first-order valence-electron chi connectivity index (χ1n) is 5.31. The van der Waals surface area contributed by atoms with Crippen molar-refractivity contribution in [2.24, 2.45) is 0 Å². The second kappa shape index (κ2) is 5.90. The molecule has 1 aromatic carbocycles. The molecule has 6 heteroatoms. The number of aromatic nitrogens is 1. The predicted molar refractivity (Wildman–Crippen MR) is 79.2 cm³/mol. The molecule has 19 heavy (non-hydrogen) atoms. The van der Waals surface area contributed by atoms with Crippen molar-refractivity contribution in [1.29, 1.82) is 0 Å². The minimum absolute atomic E-state index is 0.00361. The lowest BCUT2D eigenvalue weighted by atomic mass is 10.1. The van der Waals surface area contributed by atoms with Gasteiger partial charge in [-0.25, -0.2) is 0 Å². The van der Waals surface area contributed by atoms with E-state index in [2.05, 4.69) is 15.9 Å². The summed E-state index contributed by atoms with van der Waals surface area (Å²) < 4.78 is 2.08. The minimum atomic E-state index is -0.434. The first kappa shape index (κ1) is 14.3. The lowest BCUT2D eigenvalue weighted by molar-refractivity contribution is 0.0971. The molecule has 98 valence electrons. The maximum absolute atomic E-state index is 12.0. The van der Waals surface area contributed by atoms with Gasteiger partial charge in [0.1, 0.15) is 5.02 Å². The first-order chi connectivity index (χ1) is 8.97. The molecular formula is C13H8BrCl2NO2. The number of benzene rings is 1. The smallest absolute Gasteiger partial charge is 0.269 e. The summed E-state index contributed by atoms with van der Waals surface area (Å²) >= 11 is 14.8. The van der Waals surface area contributed by atoms with E-state index in [-0.39, 0.29) is 17.4 Å². The zero-order valence-corrected chi connectivity index (χ0v) is 12.7. The number of hydrogen-bond donors (Lipinski definition) is 0. The Hall–Kier alpha value is -1.10. The number of Topliss-reactive ketones (excluding diaryl/α,β-unsaturated/α-hetero) is 1. The number of pyridine rings is 1. The average Bonchev–Trinajstić information content (AvgIpc) is 2.36. The molecule has 0 N–H and O–H groups in total.